The number of rotatable bonds is 5. The van der Waals surface area contributed by atoms with Gasteiger partial charge in [0, 0.05) is 13.1 Å². The maximum Gasteiger partial charge on any atom is 0.269 e. The van der Waals surface area contributed by atoms with E-state index in [1.54, 1.807) is 4.90 Å². The summed E-state index contributed by atoms with van der Waals surface area (Å²) in [5, 5.41) is 0. The Hall–Kier alpha value is -2.95. The average Bonchev–Trinajstić information content (AvgIpc) is 2.63. The molecule has 0 N–H and O–H groups in total. The van der Waals surface area contributed by atoms with E-state index in [4.69, 9.17) is 0 Å². The van der Waals surface area contributed by atoms with Gasteiger partial charge in [-0.25, -0.2) is 4.98 Å². The third-order valence-electron chi connectivity index (χ3n) is 4.40. The minimum atomic E-state index is -0.265. The zero-order valence-corrected chi connectivity index (χ0v) is 14.5. The van der Waals surface area contributed by atoms with Crippen molar-refractivity contribution in [1.29, 1.82) is 0 Å². The molecular weight excluding hydrogens is 314 g/mol. The molecule has 0 aliphatic rings. The number of carbonyl (C=O) groups excluding carboxylic acids is 1. The number of hydrogen-bond donors (Lipinski definition) is 0. The number of para-hydroxylation sites is 2. The molecule has 0 aliphatic carbocycles. The van der Waals surface area contributed by atoms with E-state index in [9.17, 15) is 9.59 Å². The van der Waals surface area contributed by atoms with Crippen molar-refractivity contribution in [1.82, 2.24) is 14.5 Å². The Morgan fingerprint density at radius 1 is 1.12 bits per heavy atom. The first kappa shape index (κ1) is 16.9. The highest BCUT2D eigenvalue weighted by Gasteiger charge is 2.15. The number of aromatic nitrogens is 2. The number of fused-ring (bicyclic) bond motifs is 1. The maximum atomic E-state index is 12.8. The van der Waals surface area contributed by atoms with Crippen LogP contribution < -0.4 is 5.56 Å². The quantitative estimate of drug-likeness (QED) is 0.720. The molecule has 1 aromatic heterocycles. The molecule has 5 nitrogen and oxygen atoms in total. The molecule has 0 saturated carbocycles. The van der Waals surface area contributed by atoms with Crippen molar-refractivity contribution in [3.63, 3.8) is 0 Å². The zero-order valence-electron chi connectivity index (χ0n) is 14.5. The summed E-state index contributed by atoms with van der Waals surface area (Å²) in [6.07, 6.45) is 1.27. The highest BCUT2D eigenvalue weighted by molar-refractivity contribution is 5.80. The van der Waals surface area contributed by atoms with Crippen LogP contribution in [0.15, 0.2) is 59.5 Å². The van der Waals surface area contributed by atoms with E-state index < -0.39 is 0 Å². The Balaban J connectivity index is 1.87. The molecule has 0 aliphatic heterocycles. The standard InChI is InChI=1S/C20H21N3O2/c1-3-22(13-16-9-5-4-8-15(16)2)20(25)14-23-18-11-7-6-10-17(18)21-12-19(23)24/h4-12H,3,13-14H2,1-2H3. The predicted octanol–water partition coefficient (Wildman–Crippen LogP) is 2.75. The molecular formula is C20H21N3O2. The number of likely N-dealkylation sites (N-methyl/N-ethyl adjacent to an activating group) is 1. The molecule has 0 unspecified atom stereocenters. The number of aryl methyl sites for hydroxylation is 1. The van der Waals surface area contributed by atoms with Gasteiger partial charge in [0.05, 0.1) is 17.2 Å². The van der Waals surface area contributed by atoms with Crippen molar-refractivity contribution in [3.8, 4) is 0 Å². The Bertz CT molecular complexity index is 962. The van der Waals surface area contributed by atoms with Crippen LogP contribution in [0.5, 0.6) is 0 Å². The van der Waals surface area contributed by atoms with Crippen LogP contribution in [0.25, 0.3) is 11.0 Å². The SMILES string of the molecule is CCN(Cc1ccccc1C)C(=O)Cn1c(=O)cnc2ccccc21. The fourth-order valence-electron chi connectivity index (χ4n) is 2.88. The van der Waals surface area contributed by atoms with Gasteiger partial charge in [0.1, 0.15) is 6.54 Å². The lowest BCUT2D eigenvalue weighted by Crippen LogP contribution is -2.36. The number of nitrogens with zero attached hydrogens (tertiary/aromatic N) is 3. The second kappa shape index (κ2) is 7.30. The number of carbonyl (C=O) groups is 1. The molecule has 128 valence electrons. The van der Waals surface area contributed by atoms with Gasteiger partial charge in [-0.05, 0) is 37.1 Å². The van der Waals surface area contributed by atoms with Crippen LogP contribution in [-0.2, 0) is 17.9 Å². The monoisotopic (exact) mass is 335 g/mol. The largest absolute Gasteiger partial charge is 0.337 e. The third-order valence-corrected chi connectivity index (χ3v) is 4.40. The first-order chi connectivity index (χ1) is 12.1. The second-order valence-electron chi connectivity index (χ2n) is 6.01. The zero-order chi connectivity index (χ0) is 17.8. The summed E-state index contributed by atoms with van der Waals surface area (Å²) in [5.74, 6) is -0.0794. The topological polar surface area (TPSA) is 55.2 Å². The molecule has 1 amide bonds. The van der Waals surface area contributed by atoms with E-state index in [0.29, 0.717) is 24.1 Å². The Kier molecular flexibility index (Phi) is 4.93. The molecule has 0 saturated heterocycles. The minimum Gasteiger partial charge on any atom is -0.337 e. The van der Waals surface area contributed by atoms with Crippen LogP contribution in [0.1, 0.15) is 18.1 Å². The molecule has 1 heterocycles. The third kappa shape index (κ3) is 3.60. The Morgan fingerprint density at radius 2 is 1.84 bits per heavy atom. The molecule has 0 spiro atoms. The fraction of sp³-hybridized carbons (Fsp3) is 0.250. The van der Waals surface area contributed by atoms with Crippen LogP contribution in [0.2, 0.25) is 0 Å². The van der Waals surface area contributed by atoms with E-state index in [1.165, 1.54) is 10.8 Å². The highest BCUT2D eigenvalue weighted by atomic mass is 16.2. The average molecular weight is 335 g/mol. The van der Waals surface area contributed by atoms with Crippen molar-refractivity contribution in [2.45, 2.75) is 26.9 Å². The summed E-state index contributed by atoms with van der Waals surface area (Å²) < 4.78 is 1.49. The number of hydrogen-bond acceptors (Lipinski definition) is 3. The second-order valence-corrected chi connectivity index (χ2v) is 6.01. The van der Waals surface area contributed by atoms with Gasteiger partial charge in [-0.3, -0.25) is 14.2 Å². The molecule has 3 rings (SSSR count). The summed E-state index contributed by atoms with van der Waals surface area (Å²) >= 11 is 0. The minimum absolute atomic E-state index is 0.0155. The van der Waals surface area contributed by atoms with E-state index in [0.717, 1.165) is 11.1 Å². The smallest absolute Gasteiger partial charge is 0.269 e. The molecule has 3 aromatic rings. The number of benzene rings is 2. The van der Waals surface area contributed by atoms with E-state index in [2.05, 4.69) is 4.98 Å². The van der Waals surface area contributed by atoms with E-state index in [1.807, 2.05) is 62.4 Å². The van der Waals surface area contributed by atoms with Gasteiger partial charge in [0.25, 0.3) is 5.56 Å². The normalized spacial score (nSPS) is 10.8. The fourth-order valence-corrected chi connectivity index (χ4v) is 2.88. The first-order valence-corrected chi connectivity index (χ1v) is 8.37. The van der Waals surface area contributed by atoms with E-state index in [-0.39, 0.29) is 18.0 Å². The van der Waals surface area contributed by atoms with Gasteiger partial charge in [0.15, 0.2) is 0 Å². The van der Waals surface area contributed by atoms with Gasteiger partial charge < -0.3 is 4.90 Å². The van der Waals surface area contributed by atoms with Gasteiger partial charge in [0.2, 0.25) is 5.91 Å². The number of amides is 1. The molecule has 25 heavy (non-hydrogen) atoms. The van der Waals surface area contributed by atoms with Crippen molar-refractivity contribution >= 4 is 16.9 Å². The maximum absolute atomic E-state index is 12.8. The summed E-state index contributed by atoms with van der Waals surface area (Å²) in [6, 6.07) is 15.4. The lowest BCUT2D eigenvalue weighted by Gasteiger charge is -2.23. The van der Waals surface area contributed by atoms with Crippen LogP contribution in [0.3, 0.4) is 0 Å². The summed E-state index contributed by atoms with van der Waals surface area (Å²) in [6.45, 7) is 5.13. The Morgan fingerprint density at radius 3 is 2.60 bits per heavy atom. The van der Waals surface area contributed by atoms with Crippen LogP contribution >= 0.6 is 0 Å². The van der Waals surface area contributed by atoms with Crippen molar-refractivity contribution in [2.24, 2.45) is 0 Å². The van der Waals surface area contributed by atoms with Gasteiger partial charge in [-0.15, -0.1) is 0 Å². The van der Waals surface area contributed by atoms with Gasteiger partial charge in [-0.1, -0.05) is 36.4 Å². The van der Waals surface area contributed by atoms with Crippen molar-refractivity contribution in [3.05, 3.63) is 76.2 Å². The van der Waals surface area contributed by atoms with Crippen LogP contribution in [-0.4, -0.2) is 26.9 Å². The molecule has 0 radical (unpaired) electrons. The molecule has 0 fully saturated rings. The van der Waals surface area contributed by atoms with Gasteiger partial charge in [-0.2, -0.15) is 0 Å². The van der Waals surface area contributed by atoms with Crippen LogP contribution in [0, 0.1) is 6.92 Å². The highest BCUT2D eigenvalue weighted by Crippen LogP contribution is 2.12. The first-order valence-electron chi connectivity index (χ1n) is 8.37. The van der Waals surface area contributed by atoms with Gasteiger partial charge >= 0.3 is 0 Å². The van der Waals surface area contributed by atoms with Crippen molar-refractivity contribution in [2.75, 3.05) is 6.54 Å². The summed E-state index contributed by atoms with van der Waals surface area (Å²) in [5.41, 5.74) is 3.39. The lowest BCUT2D eigenvalue weighted by molar-refractivity contribution is -0.132. The Labute approximate surface area is 146 Å². The predicted molar refractivity (Wildman–Crippen MR) is 98.3 cm³/mol. The summed E-state index contributed by atoms with van der Waals surface area (Å²) in [7, 11) is 0. The van der Waals surface area contributed by atoms with E-state index >= 15 is 0 Å². The van der Waals surface area contributed by atoms with Crippen molar-refractivity contribution < 1.29 is 4.79 Å². The molecule has 2 aromatic carbocycles. The molecule has 0 atom stereocenters. The lowest BCUT2D eigenvalue weighted by atomic mass is 10.1. The molecule has 5 heteroatoms. The summed E-state index contributed by atoms with van der Waals surface area (Å²) in [4.78, 5) is 30.9. The molecule has 0 bridgehead atoms. The van der Waals surface area contributed by atoms with Crippen LogP contribution in [0.4, 0.5) is 0 Å².